The molecule has 0 saturated carbocycles. The van der Waals surface area contributed by atoms with Crippen LogP contribution in [0.3, 0.4) is 0 Å². The zero-order chi connectivity index (χ0) is 21.9. The Morgan fingerprint density at radius 1 is 1.13 bits per heavy atom. The van der Waals surface area contributed by atoms with Crippen LogP contribution in [0.25, 0.3) is 11.0 Å². The molecule has 1 N–H and O–H groups in total. The largest absolute Gasteiger partial charge is 0.497 e. The first-order chi connectivity index (χ1) is 14.2. The van der Waals surface area contributed by atoms with Gasteiger partial charge in [0.15, 0.2) is 0 Å². The van der Waals surface area contributed by atoms with Crippen molar-refractivity contribution in [3.05, 3.63) is 75.6 Å². The molecule has 0 aliphatic rings. The second kappa shape index (κ2) is 8.74. The Morgan fingerprint density at radius 3 is 2.47 bits per heavy atom. The van der Waals surface area contributed by atoms with Crippen LogP contribution >= 0.6 is 0 Å². The van der Waals surface area contributed by atoms with Gasteiger partial charge in [0.2, 0.25) is 5.91 Å². The molecule has 1 heterocycles. The molecule has 0 fully saturated rings. The van der Waals surface area contributed by atoms with Crippen LogP contribution in [0.2, 0.25) is 0 Å². The first-order valence-corrected chi connectivity index (χ1v) is 10.2. The number of rotatable bonds is 6. The molecule has 3 rings (SSSR count). The van der Waals surface area contributed by atoms with Crippen molar-refractivity contribution in [2.75, 3.05) is 7.11 Å². The first-order valence-electron chi connectivity index (χ1n) is 10.2. The third kappa shape index (κ3) is 4.73. The van der Waals surface area contributed by atoms with Gasteiger partial charge < -0.3 is 14.5 Å². The molecule has 1 unspecified atom stereocenters. The minimum atomic E-state index is -0.406. The van der Waals surface area contributed by atoms with Gasteiger partial charge in [0.25, 0.3) is 0 Å². The Labute approximate surface area is 177 Å². The number of benzene rings is 2. The molecule has 2 aromatic carbocycles. The summed E-state index contributed by atoms with van der Waals surface area (Å²) in [5, 5.41) is 4.00. The van der Waals surface area contributed by atoms with Crippen molar-refractivity contribution < 1.29 is 13.9 Å². The number of amides is 1. The summed E-state index contributed by atoms with van der Waals surface area (Å²) in [5.74, 6) is 0.540. The highest BCUT2D eigenvalue weighted by Crippen LogP contribution is 2.32. The number of hydrogen-bond acceptors (Lipinski definition) is 4. The van der Waals surface area contributed by atoms with Crippen LogP contribution in [-0.4, -0.2) is 13.0 Å². The fourth-order valence-corrected chi connectivity index (χ4v) is 3.71. The van der Waals surface area contributed by atoms with E-state index in [4.69, 9.17) is 9.15 Å². The van der Waals surface area contributed by atoms with Crippen LogP contribution in [0.15, 0.2) is 57.7 Å². The molecule has 0 aliphatic heterocycles. The quantitative estimate of drug-likeness (QED) is 0.587. The van der Waals surface area contributed by atoms with Crippen LogP contribution in [-0.2, 0) is 11.2 Å². The SMILES string of the molecule is COc1ccc2c(C)c(CCC(=O)NC(c3ccccc3)C(C)(C)C)c(=O)oc2c1. The minimum absolute atomic E-state index is 0.0904. The molecule has 158 valence electrons. The molecule has 5 nitrogen and oxygen atoms in total. The fourth-order valence-electron chi connectivity index (χ4n) is 3.71. The Bertz CT molecular complexity index is 1090. The number of carbonyl (C=O) groups is 1. The molecule has 30 heavy (non-hydrogen) atoms. The average molecular weight is 408 g/mol. The van der Waals surface area contributed by atoms with Gasteiger partial charge >= 0.3 is 5.63 Å². The number of fused-ring (bicyclic) bond motifs is 1. The van der Waals surface area contributed by atoms with E-state index in [0.29, 0.717) is 23.3 Å². The molecular weight excluding hydrogens is 378 g/mol. The van der Waals surface area contributed by atoms with Gasteiger partial charge in [0.05, 0.1) is 13.2 Å². The minimum Gasteiger partial charge on any atom is -0.497 e. The molecule has 3 aromatic rings. The van der Waals surface area contributed by atoms with E-state index in [1.165, 1.54) is 0 Å². The van der Waals surface area contributed by atoms with Gasteiger partial charge in [-0.05, 0) is 42.0 Å². The number of carbonyl (C=O) groups excluding carboxylic acids is 1. The summed E-state index contributed by atoms with van der Waals surface area (Å²) < 4.78 is 10.7. The zero-order valence-electron chi connectivity index (χ0n) is 18.2. The smallest absolute Gasteiger partial charge is 0.339 e. The molecule has 0 bridgehead atoms. The summed E-state index contributed by atoms with van der Waals surface area (Å²) >= 11 is 0. The summed E-state index contributed by atoms with van der Waals surface area (Å²) in [7, 11) is 1.57. The lowest BCUT2D eigenvalue weighted by atomic mass is 9.82. The third-order valence-corrected chi connectivity index (χ3v) is 5.40. The van der Waals surface area contributed by atoms with Crippen LogP contribution in [0, 0.1) is 12.3 Å². The molecular formula is C25H29NO4. The molecule has 0 aliphatic carbocycles. The van der Waals surface area contributed by atoms with Gasteiger partial charge in [-0.2, -0.15) is 0 Å². The normalized spacial score (nSPS) is 12.6. The van der Waals surface area contributed by atoms with E-state index in [2.05, 4.69) is 26.1 Å². The van der Waals surface area contributed by atoms with Crippen molar-refractivity contribution in [2.24, 2.45) is 5.41 Å². The highest BCUT2D eigenvalue weighted by Gasteiger charge is 2.27. The van der Waals surface area contributed by atoms with Crippen LogP contribution in [0.4, 0.5) is 0 Å². The van der Waals surface area contributed by atoms with Crippen LogP contribution in [0.1, 0.15) is 49.9 Å². The molecule has 0 saturated heterocycles. The second-order valence-electron chi connectivity index (χ2n) is 8.63. The van der Waals surface area contributed by atoms with E-state index in [-0.39, 0.29) is 23.8 Å². The highest BCUT2D eigenvalue weighted by atomic mass is 16.5. The van der Waals surface area contributed by atoms with Gasteiger partial charge in [0.1, 0.15) is 11.3 Å². The Morgan fingerprint density at radius 2 is 1.83 bits per heavy atom. The average Bonchev–Trinajstić information content (AvgIpc) is 2.71. The predicted molar refractivity (Wildman–Crippen MR) is 119 cm³/mol. The molecule has 0 spiro atoms. The maximum Gasteiger partial charge on any atom is 0.339 e. The summed E-state index contributed by atoms with van der Waals surface area (Å²) in [6, 6.07) is 15.2. The van der Waals surface area contributed by atoms with E-state index in [9.17, 15) is 9.59 Å². The maximum atomic E-state index is 12.8. The van der Waals surface area contributed by atoms with E-state index in [1.54, 1.807) is 13.2 Å². The lowest BCUT2D eigenvalue weighted by Gasteiger charge is -2.32. The van der Waals surface area contributed by atoms with E-state index in [1.807, 2.05) is 49.4 Å². The third-order valence-electron chi connectivity index (χ3n) is 5.40. The summed E-state index contributed by atoms with van der Waals surface area (Å²) in [6.45, 7) is 8.19. The Kier molecular flexibility index (Phi) is 6.30. The van der Waals surface area contributed by atoms with Crippen molar-refractivity contribution in [3.63, 3.8) is 0 Å². The van der Waals surface area contributed by atoms with E-state index < -0.39 is 5.63 Å². The van der Waals surface area contributed by atoms with Crippen molar-refractivity contribution in [2.45, 2.75) is 46.6 Å². The highest BCUT2D eigenvalue weighted by molar-refractivity contribution is 5.83. The van der Waals surface area contributed by atoms with Gasteiger partial charge in [-0.1, -0.05) is 51.1 Å². The first kappa shape index (κ1) is 21.6. The Balaban J connectivity index is 1.78. The van der Waals surface area contributed by atoms with Crippen molar-refractivity contribution in [1.29, 1.82) is 0 Å². The van der Waals surface area contributed by atoms with Crippen molar-refractivity contribution >= 4 is 16.9 Å². The van der Waals surface area contributed by atoms with Crippen LogP contribution in [0.5, 0.6) is 5.75 Å². The molecule has 1 atom stereocenters. The van der Waals surface area contributed by atoms with Gasteiger partial charge in [0, 0.05) is 23.4 Å². The summed E-state index contributed by atoms with van der Waals surface area (Å²) in [4.78, 5) is 25.3. The Hall–Kier alpha value is -3.08. The standard InChI is InChI=1S/C25H29NO4/c1-16-19-12-11-18(29-5)15-21(19)30-24(28)20(16)13-14-22(27)26-23(25(2,3)4)17-9-7-6-8-10-17/h6-12,15,23H,13-14H2,1-5H3,(H,26,27). The van der Waals surface area contributed by atoms with E-state index >= 15 is 0 Å². The number of hydrogen-bond donors (Lipinski definition) is 1. The number of aryl methyl sites for hydroxylation is 1. The number of ether oxygens (including phenoxy) is 1. The van der Waals surface area contributed by atoms with Gasteiger partial charge in [-0.15, -0.1) is 0 Å². The molecule has 1 aromatic heterocycles. The van der Waals surface area contributed by atoms with Gasteiger partial charge in [-0.3, -0.25) is 4.79 Å². The van der Waals surface area contributed by atoms with Crippen LogP contribution < -0.4 is 15.7 Å². The molecule has 1 amide bonds. The zero-order valence-corrected chi connectivity index (χ0v) is 18.2. The second-order valence-corrected chi connectivity index (χ2v) is 8.63. The van der Waals surface area contributed by atoms with E-state index in [0.717, 1.165) is 16.5 Å². The lowest BCUT2D eigenvalue weighted by molar-refractivity contribution is -0.122. The summed E-state index contributed by atoms with van der Waals surface area (Å²) in [6.07, 6.45) is 0.542. The number of nitrogens with one attached hydrogen (secondary N) is 1. The molecule has 5 heteroatoms. The summed E-state index contributed by atoms with van der Waals surface area (Å²) in [5.41, 5.74) is 2.38. The van der Waals surface area contributed by atoms with Crippen molar-refractivity contribution in [1.82, 2.24) is 5.32 Å². The van der Waals surface area contributed by atoms with Crippen molar-refractivity contribution in [3.8, 4) is 5.75 Å². The number of methoxy groups -OCH3 is 1. The maximum absolute atomic E-state index is 12.8. The topological polar surface area (TPSA) is 68.5 Å². The fraction of sp³-hybridized carbons (Fsp3) is 0.360. The molecule has 0 radical (unpaired) electrons. The van der Waals surface area contributed by atoms with Gasteiger partial charge in [-0.25, -0.2) is 4.79 Å². The lowest BCUT2D eigenvalue weighted by Crippen LogP contribution is -2.36. The predicted octanol–water partition coefficient (Wildman–Crippen LogP) is 4.95. The monoisotopic (exact) mass is 407 g/mol.